The van der Waals surface area contributed by atoms with E-state index in [1.165, 1.54) is 7.11 Å². The first-order valence-electron chi connectivity index (χ1n) is 7.90. The Morgan fingerprint density at radius 2 is 1.76 bits per heavy atom. The van der Waals surface area contributed by atoms with Gasteiger partial charge >= 0.3 is 12.0 Å². The van der Waals surface area contributed by atoms with Crippen LogP contribution in [-0.2, 0) is 9.53 Å². The highest BCUT2D eigenvalue weighted by Crippen LogP contribution is 2.34. The van der Waals surface area contributed by atoms with Gasteiger partial charge in [-0.15, -0.1) is 0 Å². The molecule has 25 heavy (non-hydrogen) atoms. The summed E-state index contributed by atoms with van der Waals surface area (Å²) in [5, 5.41) is 5.38. The first-order chi connectivity index (χ1) is 11.7. The second kappa shape index (κ2) is 7.04. The quantitative estimate of drug-likeness (QED) is 0.817. The van der Waals surface area contributed by atoms with Crippen molar-refractivity contribution in [3.8, 4) is 11.5 Å². The van der Waals surface area contributed by atoms with Crippen molar-refractivity contribution in [3.05, 3.63) is 35.0 Å². The molecule has 0 saturated carbocycles. The molecular formula is C18H24N2O5. The second-order valence-corrected chi connectivity index (χ2v) is 6.69. The largest absolute Gasteiger partial charge is 0.493 e. The summed E-state index contributed by atoms with van der Waals surface area (Å²) in [5.74, 6) is 0.581. The van der Waals surface area contributed by atoms with E-state index < -0.39 is 17.6 Å². The lowest BCUT2D eigenvalue weighted by Gasteiger charge is -2.30. The number of rotatable bonds is 4. The van der Waals surface area contributed by atoms with Gasteiger partial charge in [-0.2, -0.15) is 0 Å². The zero-order valence-corrected chi connectivity index (χ0v) is 15.4. The fourth-order valence-electron chi connectivity index (χ4n) is 2.58. The number of esters is 1. The van der Waals surface area contributed by atoms with E-state index in [-0.39, 0.29) is 6.03 Å². The number of hydrogen-bond acceptors (Lipinski definition) is 5. The molecule has 2 N–H and O–H groups in total. The van der Waals surface area contributed by atoms with Crippen molar-refractivity contribution >= 4 is 12.0 Å². The van der Waals surface area contributed by atoms with Gasteiger partial charge in [-0.25, -0.2) is 9.59 Å². The summed E-state index contributed by atoms with van der Waals surface area (Å²) >= 11 is 0. The molecule has 0 bridgehead atoms. The fraction of sp³-hybridized carbons (Fsp3) is 0.444. The predicted molar refractivity (Wildman–Crippen MR) is 92.5 cm³/mol. The highest BCUT2D eigenvalue weighted by Gasteiger charge is 2.34. The Labute approximate surface area is 147 Å². The normalized spacial score (nSPS) is 17.5. The van der Waals surface area contributed by atoms with Crippen molar-refractivity contribution in [2.45, 2.75) is 39.3 Å². The Bertz CT molecular complexity index is 719. The van der Waals surface area contributed by atoms with Crippen LogP contribution in [0.3, 0.4) is 0 Å². The van der Waals surface area contributed by atoms with Gasteiger partial charge in [0.2, 0.25) is 0 Å². The maximum absolute atomic E-state index is 12.7. The number of carbonyl (C=O) groups is 2. The maximum atomic E-state index is 12.7. The van der Waals surface area contributed by atoms with Gasteiger partial charge in [-0.3, -0.25) is 0 Å². The molecule has 0 fully saturated rings. The van der Waals surface area contributed by atoms with E-state index >= 15 is 0 Å². The molecular weight excluding hydrogens is 324 g/mol. The highest BCUT2D eigenvalue weighted by molar-refractivity contribution is 5.95. The van der Waals surface area contributed by atoms with E-state index in [0.717, 1.165) is 0 Å². The SMILES string of the molecule is COc1ccc([C@@H]2NC(=O)NC(C)=C2C(=O)OC(C)(C)C)cc1OC. The van der Waals surface area contributed by atoms with E-state index in [1.807, 2.05) is 0 Å². The van der Waals surface area contributed by atoms with Crippen molar-refractivity contribution in [1.29, 1.82) is 0 Å². The molecule has 0 aromatic heterocycles. The van der Waals surface area contributed by atoms with E-state index in [2.05, 4.69) is 10.6 Å². The summed E-state index contributed by atoms with van der Waals surface area (Å²) in [5.41, 5.74) is 0.848. The number of nitrogens with one attached hydrogen (secondary N) is 2. The second-order valence-electron chi connectivity index (χ2n) is 6.69. The Hall–Kier alpha value is -2.70. The van der Waals surface area contributed by atoms with Crippen molar-refractivity contribution in [3.63, 3.8) is 0 Å². The van der Waals surface area contributed by atoms with Crippen LogP contribution in [0, 0.1) is 0 Å². The van der Waals surface area contributed by atoms with E-state index in [4.69, 9.17) is 14.2 Å². The Balaban J connectivity index is 2.47. The number of amides is 2. The third-order valence-electron chi connectivity index (χ3n) is 3.63. The summed E-state index contributed by atoms with van der Waals surface area (Å²) in [6.07, 6.45) is 0. The zero-order chi connectivity index (χ0) is 18.8. The summed E-state index contributed by atoms with van der Waals surface area (Å²) < 4.78 is 16.0. The molecule has 2 rings (SSSR count). The number of ether oxygens (including phenoxy) is 3. The monoisotopic (exact) mass is 348 g/mol. The molecule has 0 spiro atoms. The lowest BCUT2D eigenvalue weighted by atomic mass is 9.95. The minimum Gasteiger partial charge on any atom is -0.493 e. The third-order valence-corrected chi connectivity index (χ3v) is 3.63. The number of hydrogen-bond donors (Lipinski definition) is 2. The zero-order valence-electron chi connectivity index (χ0n) is 15.4. The van der Waals surface area contributed by atoms with Gasteiger partial charge < -0.3 is 24.8 Å². The maximum Gasteiger partial charge on any atom is 0.338 e. The summed E-state index contributed by atoms with van der Waals surface area (Å²) in [6.45, 7) is 7.05. The molecule has 7 heteroatoms. The van der Waals surface area contributed by atoms with Crippen LogP contribution in [0.4, 0.5) is 4.79 Å². The van der Waals surface area contributed by atoms with Crippen molar-refractivity contribution in [2.24, 2.45) is 0 Å². The van der Waals surface area contributed by atoms with Crippen molar-refractivity contribution < 1.29 is 23.8 Å². The van der Waals surface area contributed by atoms with Crippen LogP contribution < -0.4 is 20.1 Å². The van der Waals surface area contributed by atoms with E-state index in [9.17, 15) is 9.59 Å². The minimum absolute atomic E-state index is 0.349. The number of carbonyl (C=O) groups excluding carboxylic acids is 2. The Kier molecular flexibility index (Phi) is 5.25. The first-order valence-corrected chi connectivity index (χ1v) is 7.90. The van der Waals surface area contributed by atoms with Gasteiger partial charge in [0, 0.05) is 5.70 Å². The Morgan fingerprint density at radius 1 is 1.12 bits per heavy atom. The molecule has 1 atom stereocenters. The lowest BCUT2D eigenvalue weighted by Crippen LogP contribution is -2.46. The van der Waals surface area contributed by atoms with Crippen LogP contribution in [0.2, 0.25) is 0 Å². The third kappa shape index (κ3) is 4.23. The molecule has 1 aromatic carbocycles. The smallest absolute Gasteiger partial charge is 0.338 e. The Morgan fingerprint density at radius 3 is 2.32 bits per heavy atom. The number of methoxy groups -OCH3 is 2. The molecule has 1 heterocycles. The fourth-order valence-corrected chi connectivity index (χ4v) is 2.58. The van der Waals surface area contributed by atoms with Crippen LogP contribution in [0.1, 0.15) is 39.3 Å². The molecule has 2 amide bonds. The van der Waals surface area contributed by atoms with E-state index in [1.54, 1.807) is 53.0 Å². The van der Waals surface area contributed by atoms with Crippen LogP contribution in [-0.4, -0.2) is 31.8 Å². The van der Waals surface area contributed by atoms with Crippen LogP contribution in [0.15, 0.2) is 29.5 Å². The van der Waals surface area contributed by atoms with Crippen LogP contribution in [0.25, 0.3) is 0 Å². The molecule has 7 nitrogen and oxygen atoms in total. The van der Waals surface area contributed by atoms with Gasteiger partial charge in [0.15, 0.2) is 11.5 Å². The average molecular weight is 348 g/mol. The van der Waals surface area contributed by atoms with Crippen LogP contribution >= 0.6 is 0 Å². The molecule has 0 unspecified atom stereocenters. The average Bonchev–Trinajstić information content (AvgIpc) is 2.51. The van der Waals surface area contributed by atoms with Gasteiger partial charge in [0.1, 0.15) is 5.60 Å². The van der Waals surface area contributed by atoms with Crippen molar-refractivity contribution in [2.75, 3.05) is 14.2 Å². The first kappa shape index (κ1) is 18.6. The number of benzene rings is 1. The number of allylic oxidation sites excluding steroid dienone is 1. The molecule has 0 radical (unpaired) electrons. The van der Waals surface area contributed by atoms with E-state index in [0.29, 0.717) is 28.3 Å². The lowest BCUT2D eigenvalue weighted by molar-refractivity contribution is -0.150. The summed E-state index contributed by atoms with van der Waals surface area (Å²) in [4.78, 5) is 24.6. The predicted octanol–water partition coefficient (Wildman–Crippen LogP) is 2.67. The summed E-state index contributed by atoms with van der Waals surface area (Å²) in [6, 6.07) is 4.19. The van der Waals surface area contributed by atoms with Crippen LogP contribution in [0.5, 0.6) is 11.5 Å². The summed E-state index contributed by atoms with van der Waals surface area (Å²) in [7, 11) is 3.07. The molecule has 0 saturated heterocycles. The topological polar surface area (TPSA) is 85.9 Å². The molecule has 1 aliphatic heterocycles. The van der Waals surface area contributed by atoms with Gasteiger partial charge in [0.05, 0.1) is 25.8 Å². The standard InChI is InChI=1S/C18H24N2O5/c1-10-14(16(21)25-18(2,3)4)15(20-17(22)19-10)11-7-8-12(23-5)13(9-11)24-6/h7-9,15H,1-6H3,(H2,19,20,22)/t15-/m0/s1. The minimum atomic E-state index is -0.650. The molecule has 1 aliphatic rings. The molecule has 136 valence electrons. The number of urea groups is 1. The molecule has 1 aromatic rings. The van der Waals surface area contributed by atoms with Crippen molar-refractivity contribution in [1.82, 2.24) is 10.6 Å². The highest BCUT2D eigenvalue weighted by atomic mass is 16.6. The van der Waals surface area contributed by atoms with Gasteiger partial charge in [0.25, 0.3) is 0 Å². The van der Waals surface area contributed by atoms with Gasteiger partial charge in [-0.05, 0) is 45.4 Å². The molecule has 0 aliphatic carbocycles. The van der Waals surface area contributed by atoms with Gasteiger partial charge in [-0.1, -0.05) is 6.07 Å².